The number of rotatable bonds is 3. The maximum absolute atomic E-state index is 12.4. The Bertz CT molecular complexity index is 662. The van der Waals surface area contributed by atoms with Gasteiger partial charge in [0, 0.05) is 18.8 Å². The van der Waals surface area contributed by atoms with E-state index in [0.29, 0.717) is 13.0 Å². The highest BCUT2D eigenvalue weighted by Gasteiger charge is 2.34. The van der Waals surface area contributed by atoms with E-state index in [9.17, 15) is 18.0 Å². The summed E-state index contributed by atoms with van der Waals surface area (Å²) in [7, 11) is -3.93. The van der Waals surface area contributed by atoms with Gasteiger partial charge in [-0.1, -0.05) is 6.92 Å². The highest BCUT2D eigenvalue weighted by molar-refractivity contribution is 7.89. The van der Waals surface area contributed by atoms with E-state index in [1.165, 1.54) is 4.31 Å². The number of nitrogens with one attached hydrogen (secondary N) is 2. The molecule has 2 rings (SSSR count). The van der Waals surface area contributed by atoms with Gasteiger partial charge in [-0.15, -0.1) is 0 Å². The number of nitrogens with zero attached hydrogens (tertiary/aromatic N) is 1. The van der Waals surface area contributed by atoms with Crippen molar-refractivity contribution in [3.8, 4) is 0 Å². The summed E-state index contributed by atoms with van der Waals surface area (Å²) in [6.07, 6.45) is 1.51. The Morgan fingerprint density at radius 3 is 2.84 bits per heavy atom. The molecular formula is C10H15N3O5S. The Morgan fingerprint density at radius 1 is 1.47 bits per heavy atom. The van der Waals surface area contributed by atoms with Crippen LogP contribution in [0.1, 0.15) is 13.3 Å². The molecule has 2 N–H and O–H groups in total. The van der Waals surface area contributed by atoms with E-state index in [4.69, 9.17) is 4.74 Å². The summed E-state index contributed by atoms with van der Waals surface area (Å²) in [6, 6.07) is -0.301. The lowest BCUT2D eigenvalue weighted by molar-refractivity contribution is 0.0314. The Kier molecular flexibility index (Phi) is 3.88. The highest BCUT2D eigenvalue weighted by atomic mass is 32.2. The molecule has 1 aromatic heterocycles. The first-order valence-electron chi connectivity index (χ1n) is 5.88. The van der Waals surface area contributed by atoms with E-state index in [0.717, 1.165) is 6.20 Å². The molecule has 1 aliphatic rings. The fourth-order valence-electron chi connectivity index (χ4n) is 1.99. The van der Waals surface area contributed by atoms with Crippen LogP contribution in [0.5, 0.6) is 0 Å². The number of sulfonamides is 1. The molecule has 1 fully saturated rings. The number of H-pyrrole nitrogens is 2. The molecule has 0 radical (unpaired) electrons. The molecule has 0 spiro atoms. The van der Waals surface area contributed by atoms with Gasteiger partial charge in [-0.2, -0.15) is 4.31 Å². The maximum atomic E-state index is 12.4. The first-order chi connectivity index (χ1) is 8.96. The van der Waals surface area contributed by atoms with Gasteiger partial charge in [0.2, 0.25) is 10.0 Å². The van der Waals surface area contributed by atoms with Crippen molar-refractivity contribution in [2.75, 3.05) is 19.8 Å². The Hall–Kier alpha value is -1.45. The molecule has 1 atom stereocenters. The third-order valence-electron chi connectivity index (χ3n) is 3.02. The second kappa shape index (κ2) is 5.27. The zero-order chi connectivity index (χ0) is 14.0. The van der Waals surface area contributed by atoms with Crippen LogP contribution >= 0.6 is 0 Å². The molecule has 1 aromatic rings. The standard InChI is InChI=1S/C10H15N3O5S/c1-2-7-6-18-4-3-13(7)19(16,17)8-5-11-10(15)12-9(8)14/h5,7H,2-4,6H2,1H3,(H2,11,12,14,15)/t7-/m0/s1. The van der Waals surface area contributed by atoms with Gasteiger partial charge in [0.25, 0.3) is 5.56 Å². The van der Waals surface area contributed by atoms with Crippen molar-refractivity contribution >= 4 is 10.0 Å². The molecular weight excluding hydrogens is 274 g/mol. The van der Waals surface area contributed by atoms with E-state index < -0.39 is 26.2 Å². The van der Waals surface area contributed by atoms with Crippen LogP contribution in [0.25, 0.3) is 0 Å². The molecule has 0 bridgehead atoms. The number of aromatic nitrogens is 2. The molecule has 8 nitrogen and oxygen atoms in total. The lowest BCUT2D eigenvalue weighted by atomic mass is 10.2. The third kappa shape index (κ3) is 2.62. The van der Waals surface area contributed by atoms with Gasteiger partial charge in [0.15, 0.2) is 4.90 Å². The Morgan fingerprint density at radius 2 is 2.21 bits per heavy atom. The average molecular weight is 289 g/mol. The zero-order valence-electron chi connectivity index (χ0n) is 10.4. The summed E-state index contributed by atoms with van der Waals surface area (Å²) in [4.78, 5) is 26.2. The van der Waals surface area contributed by atoms with Crippen molar-refractivity contribution in [2.45, 2.75) is 24.3 Å². The van der Waals surface area contributed by atoms with Crippen molar-refractivity contribution in [3.05, 3.63) is 27.0 Å². The largest absolute Gasteiger partial charge is 0.378 e. The van der Waals surface area contributed by atoms with Crippen LogP contribution in [0.3, 0.4) is 0 Å². The monoisotopic (exact) mass is 289 g/mol. The third-order valence-corrected chi connectivity index (χ3v) is 4.97. The predicted molar refractivity (Wildman–Crippen MR) is 66.5 cm³/mol. The lowest BCUT2D eigenvalue weighted by Gasteiger charge is -2.33. The molecule has 19 heavy (non-hydrogen) atoms. The van der Waals surface area contributed by atoms with Gasteiger partial charge in [0.1, 0.15) is 0 Å². The van der Waals surface area contributed by atoms with E-state index in [1.54, 1.807) is 0 Å². The molecule has 0 amide bonds. The topological polar surface area (TPSA) is 112 Å². The average Bonchev–Trinajstić information content (AvgIpc) is 2.38. The molecule has 2 heterocycles. The van der Waals surface area contributed by atoms with Crippen LogP contribution in [0.15, 0.2) is 20.7 Å². The van der Waals surface area contributed by atoms with Gasteiger partial charge in [-0.25, -0.2) is 13.2 Å². The summed E-state index contributed by atoms with van der Waals surface area (Å²) < 4.78 is 31.3. The van der Waals surface area contributed by atoms with Crippen LogP contribution in [-0.4, -0.2) is 48.5 Å². The number of hydrogen-bond donors (Lipinski definition) is 2. The number of aromatic amines is 2. The first-order valence-corrected chi connectivity index (χ1v) is 7.32. The van der Waals surface area contributed by atoms with Crippen molar-refractivity contribution in [1.82, 2.24) is 14.3 Å². The van der Waals surface area contributed by atoms with Crippen LogP contribution in [0, 0.1) is 0 Å². The van der Waals surface area contributed by atoms with Crippen molar-refractivity contribution in [2.24, 2.45) is 0 Å². The van der Waals surface area contributed by atoms with Crippen LogP contribution in [0.4, 0.5) is 0 Å². The zero-order valence-corrected chi connectivity index (χ0v) is 11.2. The first kappa shape index (κ1) is 14.0. The minimum absolute atomic E-state index is 0.194. The van der Waals surface area contributed by atoms with Gasteiger partial charge < -0.3 is 9.72 Å². The van der Waals surface area contributed by atoms with E-state index in [1.807, 2.05) is 11.9 Å². The fourth-order valence-corrected chi connectivity index (χ4v) is 3.66. The molecule has 1 saturated heterocycles. The summed E-state index contributed by atoms with van der Waals surface area (Å²) in [5, 5.41) is 0. The summed E-state index contributed by atoms with van der Waals surface area (Å²) in [6.45, 7) is 2.63. The molecule has 1 aliphatic heterocycles. The minimum Gasteiger partial charge on any atom is -0.378 e. The van der Waals surface area contributed by atoms with Crippen LogP contribution in [-0.2, 0) is 14.8 Å². The summed E-state index contributed by atoms with van der Waals surface area (Å²) >= 11 is 0. The van der Waals surface area contributed by atoms with Crippen molar-refractivity contribution in [3.63, 3.8) is 0 Å². The SMILES string of the molecule is CC[C@H]1COCCN1S(=O)(=O)c1c[nH]c(=O)[nH]c1=O. The molecule has 0 aromatic carbocycles. The fraction of sp³-hybridized carbons (Fsp3) is 0.600. The van der Waals surface area contributed by atoms with Gasteiger partial charge in [-0.05, 0) is 6.42 Å². The van der Waals surface area contributed by atoms with Crippen LogP contribution in [0.2, 0.25) is 0 Å². The molecule has 106 valence electrons. The van der Waals surface area contributed by atoms with E-state index in [2.05, 4.69) is 4.98 Å². The normalized spacial score (nSPS) is 21.4. The second-order valence-corrected chi connectivity index (χ2v) is 6.05. The maximum Gasteiger partial charge on any atom is 0.325 e. The number of hydrogen-bond acceptors (Lipinski definition) is 5. The summed E-state index contributed by atoms with van der Waals surface area (Å²) in [5.74, 6) is 0. The lowest BCUT2D eigenvalue weighted by Crippen LogP contribution is -2.49. The highest BCUT2D eigenvalue weighted by Crippen LogP contribution is 2.19. The Labute approximate surface area is 109 Å². The number of morpholine rings is 1. The molecule has 0 unspecified atom stereocenters. The minimum atomic E-state index is -3.93. The second-order valence-electron chi connectivity index (χ2n) is 4.19. The number of ether oxygens (including phenoxy) is 1. The van der Waals surface area contributed by atoms with E-state index >= 15 is 0 Å². The quantitative estimate of drug-likeness (QED) is 0.730. The van der Waals surface area contributed by atoms with Crippen molar-refractivity contribution < 1.29 is 13.2 Å². The molecule has 0 aliphatic carbocycles. The summed E-state index contributed by atoms with van der Waals surface area (Å²) in [5.41, 5.74) is -1.65. The van der Waals surface area contributed by atoms with Gasteiger partial charge in [0.05, 0.1) is 13.2 Å². The Balaban J connectivity index is 2.46. The smallest absolute Gasteiger partial charge is 0.325 e. The van der Waals surface area contributed by atoms with E-state index in [-0.39, 0.29) is 19.2 Å². The van der Waals surface area contributed by atoms with Gasteiger partial charge in [-0.3, -0.25) is 9.78 Å². The van der Waals surface area contributed by atoms with Gasteiger partial charge >= 0.3 is 5.69 Å². The van der Waals surface area contributed by atoms with Crippen molar-refractivity contribution in [1.29, 1.82) is 0 Å². The molecule has 0 saturated carbocycles. The van der Waals surface area contributed by atoms with Crippen LogP contribution < -0.4 is 11.2 Å². The molecule has 9 heteroatoms. The predicted octanol–water partition coefficient (Wildman–Crippen LogP) is -1.14.